The van der Waals surface area contributed by atoms with E-state index in [1.54, 1.807) is 0 Å². The van der Waals surface area contributed by atoms with Crippen molar-refractivity contribution >= 4 is 5.91 Å². The van der Waals surface area contributed by atoms with Gasteiger partial charge < -0.3 is 10.0 Å². The highest BCUT2D eigenvalue weighted by atomic mass is 16.3. The molecule has 2 N–H and O–H groups in total. The van der Waals surface area contributed by atoms with E-state index in [0.29, 0.717) is 13.0 Å². The van der Waals surface area contributed by atoms with Crippen LogP contribution >= 0.6 is 0 Å². The highest BCUT2D eigenvalue weighted by Gasteiger charge is 2.46. The van der Waals surface area contributed by atoms with Gasteiger partial charge in [-0.15, -0.1) is 0 Å². The molecule has 2 aliphatic rings. The molecule has 2 aliphatic heterocycles. The first-order chi connectivity index (χ1) is 4.72. The molecule has 0 aromatic carbocycles. The summed E-state index contributed by atoms with van der Waals surface area (Å²) in [6, 6.07) is 0. The van der Waals surface area contributed by atoms with E-state index >= 15 is 0 Å². The average Bonchev–Trinajstić information content (AvgIpc) is 2.35. The fraction of sp³-hybridized carbons (Fsp3) is 0.833. The molecule has 1 atom stereocenters. The molecule has 56 valence electrons. The van der Waals surface area contributed by atoms with Crippen LogP contribution in [0.5, 0.6) is 0 Å². The fourth-order valence-electron chi connectivity index (χ4n) is 1.63. The first kappa shape index (κ1) is 6.12. The van der Waals surface area contributed by atoms with Gasteiger partial charge in [0.1, 0.15) is 0 Å². The Morgan fingerprint density at radius 3 is 3.20 bits per heavy atom. The first-order valence-electron chi connectivity index (χ1n) is 3.50. The third-order valence-electron chi connectivity index (χ3n) is 2.18. The minimum atomic E-state index is -0.989. The monoisotopic (exact) mass is 142 g/mol. The molecule has 0 aromatic rings. The Bertz CT molecular complexity index is 183. The van der Waals surface area contributed by atoms with E-state index in [-0.39, 0.29) is 12.5 Å². The van der Waals surface area contributed by atoms with Gasteiger partial charge in [-0.25, -0.2) is 0 Å². The number of amides is 1. The van der Waals surface area contributed by atoms with Crippen molar-refractivity contribution in [3.63, 3.8) is 0 Å². The van der Waals surface area contributed by atoms with Gasteiger partial charge in [0.2, 0.25) is 5.91 Å². The number of nitrogens with zero attached hydrogens (tertiary/aromatic N) is 1. The molecule has 2 rings (SSSR count). The SMILES string of the molecule is O=C1CN[C@]2(O)CCCN12. The van der Waals surface area contributed by atoms with E-state index in [1.165, 1.54) is 4.90 Å². The predicted octanol–water partition coefficient (Wildman–Crippen LogP) is -1.14. The number of carbonyl (C=O) groups excluding carboxylic acids is 1. The summed E-state index contributed by atoms with van der Waals surface area (Å²) in [4.78, 5) is 12.5. The molecule has 0 bridgehead atoms. The van der Waals surface area contributed by atoms with Gasteiger partial charge in [-0.1, -0.05) is 0 Å². The van der Waals surface area contributed by atoms with Crippen LogP contribution in [-0.4, -0.2) is 34.9 Å². The summed E-state index contributed by atoms with van der Waals surface area (Å²) in [5, 5.41) is 12.4. The molecule has 0 aliphatic carbocycles. The third kappa shape index (κ3) is 0.602. The van der Waals surface area contributed by atoms with E-state index in [0.717, 1.165) is 6.42 Å². The summed E-state index contributed by atoms with van der Waals surface area (Å²) < 4.78 is 0. The number of aliphatic hydroxyl groups is 1. The maximum atomic E-state index is 11.0. The topological polar surface area (TPSA) is 52.6 Å². The Hall–Kier alpha value is -0.610. The van der Waals surface area contributed by atoms with Crippen molar-refractivity contribution in [3.05, 3.63) is 0 Å². The van der Waals surface area contributed by atoms with Crippen LogP contribution in [0.1, 0.15) is 12.8 Å². The number of fused-ring (bicyclic) bond motifs is 1. The van der Waals surface area contributed by atoms with Crippen LogP contribution < -0.4 is 5.32 Å². The maximum absolute atomic E-state index is 11.0. The summed E-state index contributed by atoms with van der Waals surface area (Å²) in [6.45, 7) is 0.985. The second kappa shape index (κ2) is 1.71. The second-order valence-corrected chi connectivity index (χ2v) is 2.82. The molecule has 10 heavy (non-hydrogen) atoms. The van der Waals surface area contributed by atoms with Crippen LogP contribution in [0, 0.1) is 0 Å². The molecular weight excluding hydrogens is 132 g/mol. The molecule has 0 saturated carbocycles. The van der Waals surface area contributed by atoms with Crippen LogP contribution in [0.4, 0.5) is 0 Å². The van der Waals surface area contributed by atoms with Gasteiger partial charge in [0.05, 0.1) is 6.54 Å². The predicted molar refractivity (Wildman–Crippen MR) is 33.9 cm³/mol. The molecule has 0 unspecified atom stereocenters. The lowest BCUT2D eigenvalue weighted by Crippen LogP contribution is -2.47. The van der Waals surface area contributed by atoms with Gasteiger partial charge in [0, 0.05) is 13.0 Å². The van der Waals surface area contributed by atoms with Crippen molar-refractivity contribution in [2.24, 2.45) is 0 Å². The Morgan fingerprint density at radius 1 is 1.70 bits per heavy atom. The summed E-state index contributed by atoms with van der Waals surface area (Å²) in [6.07, 6.45) is 1.56. The number of nitrogens with one attached hydrogen (secondary N) is 1. The summed E-state index contributed by atoms with van der Waals surface area (Å²) in [5.74, 6) is -0.975. The highest BCUT2D eigenvalue weighted by molar-refractivity contribution is 5.81. The minimum Gasteiger partial charge on any atom is -0.358 e. The van der Waals surface area contributed by atoms with Gasteiger partial charge in [0.15, 0.2) is 5.85 Å². The van der Waals surface area contributed by atoms with Crippen molar-refractivity contribution in [1.82, 2.24) is 10.2 Å². The molecular formula is C6H10N2O2. The minimum absolute atomic E-state index is 0.0139. The van der Waals surface area contributed by atoms with Crippen LogP contribution in [0.25, 0.3) is 0 Å². The van der Waals surface area contributed by atoms with Gasteiger partial charge in [-0.2, -0.15) is 0 Å². The molecule has 2 saturated heterocycles. The van der Waals surface area contributed by atoms with Crippen molar-refractivity contribution in [3.8, 4) is 0 Å². The standard InChI is InChI=1S/C6H10N2O2/c9-5-4-7-6(10)2-1-3-8(5)6/h7,10H,1-4H2/t6-/m1/s1. The van der Waals surface area contributed by atoms with Crippen LogP contribution in [0.2, 0.25) is 0 Å². The molecule has 4 nitrogen and oxygen atoms in total. The normalized spacial score (nSPS) is 38.9. The van der Waals surface area contributed by atoms with Crippen LogP contribution in [0.15, 0.2) is 0 Å². The lowest BCUT2D eigenvalue weighted by atomic mass is 10.3. The number of hydrogen-bond acceptors (Lipinski definition) is 3. The fourth-order valence-corrected chi connectivity index (χ4v) is 1.63. The zero-order valence-corrected chi connectivity index (χ0v) is 5.63. The number of hydrogen-bond donors (Lipinski definition) is 2. The largest absolute Gasteiger partial charge is 0.358 e. The van der Waals surface area contributed by atoms with E-state index in [1.807, 2.05) is 0 Å². The van der Waals surface area contributed by atoms with E-state index in [4.69, 9.17) is 0 Å². The van der Waals surface area contributed by atoms with Crippen LogP contribution in [0.3, 0.4) is 0 Å². The van der Waals surface area contributed by atoms with Gasteiger partial charge in [-0.3, -0.25) is 10.1 Å². The quantitative estimate of drug-likeness (QED) is 0.449. The molecule has 1 amide bonds. The molecule has 0 aromatic heterocycles. The van der Waals surface area contributed by atoms with Crippen molar-refractivity contribution in [1.29, 1.82) is 0 Å². The lowest BCUT2D eigenvalue weighted by Gasteiger charge is -2.24. The van der Waals surface area contributed by atoms with Gasteiger partial charge in [-0.05, 0) is 6.42 Å². The maximum Gasteiger partial charge on any atom is 0.239 e. The zero-order chi connectivity index (χ0) is 7.19. The Balaban J connectivity index is 2.27. The lowest BCUT2D eigenvalue weighted by molar-refractivity contribution is -0.139. The van der Waals surface area contributed by atoms with Crippen molar-refractivity contribution in [2.45, 2.75) is 18.7 Å². The van der Waals surface area contributed by atoms with E-state index in [2.05, 4.69) is 5.32 Å². The van der Waals surface area contributed by atoms with Crippen molar-refractivity contribution in [2.75, 3.05) is 13.1 Å². The Morgan fingerprint density at radius 2 is 2.50 bits per heavy atom. The zero-order valence-electron chi connectivity index (χ0n) is 5.63. The molecule has 0 spiro atoms. The second-order valence-electron chi connectivity index (χ2n) is 2.82. The Kier molecular flexibility index (Phi) is 1.04. The third-order valence-corrected chi connectivity index (χ3v) is 2.18. The Labute approximate surface area is 58.8 Å². The number of carbonyl (C=O) groups is 1. The van der Waals surface area contributed by atoms with E-state index < -0.39 is 5.85 Å². The molecule has 0 radical (unpaired) electrons. The van der Waals surface area contributed by atoms with Crippen molar-refractivity contribution < 1.29 is 9.90 Å². The summed E-state index contributed by atoms with van der Waals surface area (Å²) >= 11 is 0. The van der Waals surface area contributed by atoms with Gasteiger partial charge in [0.25, 0.3) is 0 Å². The smallest absolute Gasteiger partial charge is 0.239 e. The van der Waals surface area contributed by atoms with E-state index in [9.17, 15) is 9.90 Å². The number of rotatable bonds is 0. The molecule has 4 heteroatoms. The molecule has 2 heterocycles. The summed E-state index contributed by atoms with van der Waals surface area (Å²) in [5.41, 5.74) is 0. The summed E-state index contributed by atoms with van der Waals surface area (Å²) in [7, 11) is 0. The van der Waals surface area contributed by atoms with Crippen LogP contribution in [-0.2, 0) is 4.79 Å². The average molecular weight is 142 g/mol. The molecule has 2 fully saturated rings. The first-order valence-corrected chi connectivity index (χ1v) is 3.50. The van der Waals surface area contributed by atoms with Gasteiger partial charge >= 0.3 is 0 Å². The highest BCUT2D eigenvalue weighted by Crippen LogP contribution is 2.27.